The maximum Gasteiger partial charge on any atom is 0.119 e. The molecule has 1 aromatic rings. The third-order valence-corrected chi connectivity index (χ3v) is 2.99. The van der Waals surface area contributed by atoms with Crippen LogP contribution in [0, 0.1) is 0 Å². The van der Waals surface area contributed by atoms with Gasteiger partial charge in [0.15, 0.2) is 0 Å². The first kappa shape index (κ1) is 12.4. The molecule has 0 aromatic heterocycles. The standard InChI is InChI=1S/C14H22N2O/c1-2-10-17-14-5-3-4-13(11-14)12-16-8-6-15-7-9-16/h3-5,11,15H,2,6-10,12H2,1H3. The van der Waals surface area contributed by atoms with Gasteiger partial charge >= 0.3 is 0 Å². The number of nitrogens with one attached hydrogen (secondary N) is 1. The van der Waals surface area contributed by atoms with E-state index in [9.17, 15) is 0 Å². The Kier molecular flexibility index (Phi) is 4.83. The third-order valence-electron chi connectivity index (χ3n) is 2.99. The van der Waals surface area contributed by atoms with Gasteiger partial charge < -0.3 is 10.1 Å². The normalized spacial score (nSPS) is 17.0. The Morgan fingerprint density at radius 3 is 2.88 bits per heavy atom. The van der Waals surface area contributed by atoms with E-state index in [-0.39, 0.29) is 0 Å². The second-order valence-electron chi connectivity index (χ2n) is 4.52. The van der Waals surface area contributed by atoms with Crippen LogP contribution >= 0.6 is 0 Å². The fourth-order valence-electron chi connectivity index (χ4n) is 2.08. The van der Waals surface area contributed by atoms with E-state index < -0.39 is 0 Å². The van der Waals surface area contributed by atoms with E-state index in [0.29, 0.717) is 0 Å². The molecule has 0 saturated carbocycles. The highest BCUT2D eigenvalue weighted by atomic mass is 16.5. The van der Waals surface area contributed by atoms with Crippen LogP contribution in [0.1, 0.15) is 18.9 Å². The predicted molar refractivity (Wildman–Crippen MR) is 70.4 cm³/mol. The average molecular weight is 234 g/mol. The lowest BCUT2D eigenvalue weighted by Gasteiger charge is -2.27. The molecule has 0 radical (unpaired) electrons. The molecular formula is C14H22N2O. The molecule has 1 N–H and O–H groups in total. The third kappa shape index (κ3) is 4.02. The van der Waals surface area contributed by atoms with E-state index in [4.69, 9.17) is 4.74 Å². The summed E-state index contributed by atoms with van der Waals surface area (Å²) in [6, 6.07) is 8.47. The topological polar surface area (TPSA) is 24.5 Å². The molecule has 0 atom stereocenters. The van der Waals surface area contributed by atoms with Crippen molar-refractivity contribution in [1.29, 1.82) is 0 Å². The summed E-state index contributed by atoms with van der Waals surface area (Å²) < 4.78 is 5.65. The molecule has 3 heteroatoms. The summed E-state index contributed by atoms with van der Waals surface area (Å²) in [7, 11) is 0. The summed E-state index contributed by atoms with van der Waals surface area (Å²) >= 11 is 0. The first-order valence-electron chi connectivity index (χ1n) is 6.53. The fourth-order valence-corrected chi connectivity index (χ4v) is 2.08. The average Bonchev–Trinajstić information content (AvgIpc) is 2.38. The second-order valence-corrected chi connectivity index (χ2v) is 4.52. The van der Waals surface area contributed by atoms with Crippen LogP contribution in [0.2, 0.25) is 0 Å². The van der Waals surface area contributed by atoms with Gasteiger partial charge in [-0.1, -0.05) is 19.1 Å². The van der Waals surface area contributed by atoms with E-state index in [2.05, 4.69) is 35.3 Å². The molecule has 1 aliphatic rings. The van der Waals surface area contributed by atoms with Crippen molar-refractivity contribution in [2.24, 2.45) is 0 Å². The van der Waals surface area contributed by atoms with Crippen LogP contribution in [0.4, 0.5) is 0 Å². The number of piperazine rings is 1. The van der Waals surface area contributed by atoms with Gasteiger partial charge in [0.25, 0.3) is 0 Å². The quantitative estimate of drug-likeness (QED) is 0.842. The minimum Gasteiger partial charge on any atom is -0.494 e. The summed E-state index contributed by atoms with van der Waals surface area (Å²) in [5.74, 6) is 1.000. The van der Waals surface area contributed by atoms with Gasteiger partial charge in [0.05, 0.1) is 6.61 Å². The van der Waals surface area contributed by atoms with Crippen LogP contribution in [-0.4, -0.2) is 37.7 Å². The van der Waals surface area contributed by atoms with Crippen LogP contribution in [-0.2, 0) is 6.54 Å². The molecule has 0 spiro atoms. The number of hydrogen-bond donors (Lipinski definition) is 1. The van der Waals surface area contributed by atoms with Gasteiger partial charge in [0, 0.05) is 32.7 Å². The Hall–Kier alpha value is -1.06. The maximum absolute atomic E-state index is 5.65. The Bertz CT molecular complexity index is 335. The summed E-state index contributed by atoms with van der Waals surface area (Å²) in [4.78, 5) is 2.48. The molecule has 1 heterocycles. The minimum atomic E-state index is 0.803. The highest BCUT2D eigenvalue weighted by molar-refractivity contribution is 5.28. The van der Waals surface area contributed by atoms with Crippen LogP contribution in [0.25, 0.3) is 0 Å². The van der Waals surface area contributed by atoms with Gasteiger partial charge in [-0.2, -0.15) is 0 Å². The summed E-state index contributed by atoms with van der Waals surface area (Å²) in [5.41, 5.74) is 1.35. The van der Waals surface area contributed by atoms with Crippen molar-refractivity contribution in [2.75, 3.05) is 32.8 Å². The van der Waals surface area contributed by atoms with Gasteiger partial charge in [-0.3, -0.25) is 4.90 Å². The minimum absolute atomic E-state index is 0.803. The lowest BCUT2D eigenvalue weighted by molar-refractivity contribution is 0.232. The van der Waals surface area contributed by atoms with Crippen molar-refractivity contribution >= 4 is 0 Å². The van der Waals surface area contributed by atoms with Crippen LogP contribution in [0.5, 0.6) is 5.75 Å². The Labute approximate surface area is 104 Å². The lowest BCUT2D eigenvalue weighted by Crippen LogP contribution is -2.42. The molecule has 17 heavy (non-hydrogen) atoms. The molecule has 1 fully saturated rings. The lowest BCUT2D eigenvalue weighted by atomic mass is 10.2. The number of ether oxygens (including phenoxy) is 1. The van der Waals surface area contributed by atoms with Crippen LogP contribution in [0.15, 0.2) is 24.3 Å². The van der Waals surface area contributed by atoms with Crippen LogP contribution < -0.4 is 10.1 Å². The molecule has 94 valence electrons. The number of hydrogen-bond acceptors (Lipinski definition) is 3. The van der Waals surface area contributed by atoms with Gasteiger partial charge in [0.1, 0.15) is 5.75 Å². The van der Waals surface area contributed by atoms with Crippen molar-refractivity contribution in [2.45, 2.75) is 19.9 Å². The molecule has 2 rings (SSSR count). The van der Waals surface area contributed by atoms with E-state index in [1.165, 1.54) is 5.56 Å². The van der Waals surface area contributed by atoms with Crippen molar-refractivity contribution in [3.63, 3.8) is 0 Å². The Morgan fingerprint density at radius 1 is 1.29 bits per heavy atom. The van der Waals surface area contributed by atoms with Gasteiger partial charge in [-0.15, -0.1) is 0 Å². The first-order valence-corrected chi connectivity index (χ1v) is 6.53. The summed E-state index contributed by atoms with van der Waals surface area (Å²) in [6.45, 7) is 8.45. The van der Waals surface area contributed by atoms with E-state index >= 15 is 0 Å². The van der Waals surface area contributed by atoms with Crippen molar-refractivity contribution < 1.29 is 4.74 Å². The molecule has 1 aliphatic heterocycles. The van der Waals surface area contributed by atoms with Crippen molar-refractivity contribution in [3.8, 4) is 5.75 Å². The highest BCUT2D eigenvalue weighted by Crippen LogP contribution is 2.15. The fraction of sp³-hybridized carbons (Fsp3) is 0.571. The zero-order chi connectivity index (χ0) is 11.9. The number of nitrogens with zero attached hydrogens (tertiary/aromatic N) is 1. The van der Waals surface area contributed by atoms with Crippen molar-refractivity contribution in [1.82, 2.24) is 10.2 Å². The zero-order valence-corrected chi connectivity index (χ0v) is 10.6. The molecule has 0 aliphatic carbocycles. The molecule has 0 bridgehead atoms. The Balaban J connectivity index is 1.90. The molecule has 3 nitrogen and oxygen atoms in total. The van der Waals surface area contributed by atoms with Gasteiger partial charge in [-0.05, 0) is 24.1 Å². The summed E-state index contributed by atoms with van der Waals surface area (Å²) in [5, 5.41) is 3.37. The SMILES string of the molecule is CCCOc1cccc(CN2CCNCC2)c1. The molecule has 1 saturated heterocycles. The van der Waals surface area contributed by atoms with Gasteiger partial charge in [0.2, 0.25) is 0 Å². The van der Waals surface area contributed by atoms with E-state index in [0.717, 1.165) is 51.5 Å². The Morgan fingerprint density at radius 2 is 2.12 bits per heavy atom. The molecular weight excluding hydrogens is 212 g/mol. The molecule has 1 aromatic carbocycles. The maximum atomic E-state index is 5.65. The molecule has 0 unspecified atom stereocenters. The number of rotatable bonds is 5. The first-order chi connectivity index (χ1) is 8.38. The van der Waals surface area contributed by atoms with E-state index in [1.807, 2.05) is 6.07 Å². The zero-order valence-electron chi connectivity index (χ0n) is 10.6. The smallest absolute Gasteiger partial charge is 0.119 e. The largest absolute Gasteiger partial charge is 0.494 e. The van der Waals surface area contributed by atoms with Crippen LogP contribution in [0.3, 0.4) is 0 Å². The second kappa shape index (κ2) is 6.62. The number of benzene rings is 1. The predicted octanol–water partition coefficient (Wildman–Crippen LogP) is 1.88. The highest BCUT2D eigenvalue weighted by Gasteiger charge is 2.09. The monoisotopic (exact) mass is 234 g/mol. The van der Waals surface area contributed by atoms with E-state index in [1.54, 1.807) is 0 Å². The summed E-state index contributed by atoms with van der Waals surface area (Å²) in [6.07, 6.45) is 1.06. The van der Waals surface area contributed by atoms with Crippen molar-refractivity contribution in [3.05, 3.63) is 29.8 Å². The van der Waals surface area contributed by atoms with Gasteiger partial charge in [-0.25, -0.2) is 0 Å². The molecule has 0 amide bonds.